The molecule has 54 heavy (non-hydrogen) atoms. The molecule has 1 aromatic heterocycles. The van der Waals surface area contributed by atoms with Crippen LogP contribution in [0.15, 0.2) is 217 Å². The zero-order chi connectivity index (χ0) is 35.8. The van der Waals surface area contributed by atoms with Crippen molar-refractivity contribution >= 4 is 49.8 Å². The second-order valence-electron chi connectivity index (χ2n) is 13.7. The van der Waals surface area contributed by atoms with Crippen molar-refractivity contribution in [3.05, 3.63) is 212 Å². The summed E-state index contributed by atoms with van der Waals surface area (Å²) < 4.78 is 6.64. The van der Waals surface area contributed by atoms with Gasteiger partial charge in [-0.05, 0) is 98.2 Å². The number of hydrogen-bond acceptors (Lipinski definition) is 2. The summed E-state index contributed by atoms with van der Waals surface area (Å²) in [6.07, 6.45) is 0. The number of furan rings is 1. The molecule has 0 bridgehead atoms. The van der Waals surface area contributed by atoms with Crippen molar-refractivity contribution < 1.29 is 4.42 Å². The number of anilines is 3. The number of benzene rings is 9. The molecule has 0 aliphatic rings. The standard InChI is InChI=1S/C52H35NO/c1-3-13-36(14-4-1)38-25-28-43(29-26-38)53(44-30-32-49-48-31-27-40(37-15-5-2-6-16-37)34-51(48)54-52(49)35-44)50-24-10-9-22-47(50)42-20-11-19-41(33-42)46-23-12-18-39-17-7-8-21-45(39)46/h1-35H. The molecule has 0 saturated carbocycles. The van der Waals surface area contributed by atoms with Crippen molar-refractivity contribution in [1.29, 1.82) is 0 Å². The van der Waals surface area contributed by atoms with Crippen LogP contribution in [0.3, 0.4) is 0 Å². The maximum atomic E-state index is 6.64. The average molecular weight is 690 g/mol. The molecule has 0 fully saturated rings. The Morgan fingerprint density at radius 2 is 0.815 bits per heavy atom. The molecule has 0 aliphatic heterocycles. The van der Waals surface area contributed by atoms with Crippen LogP contribution >= 0.6 is 0 Å². The zero-order valence-corrected chi connectivity index (χ0v) is 29.6. The second-order valence-corrected chi connectivity index (χ2v) is 13.7. The van der Waals surface area contributed by atoms with Crippen LogP contribution < -0.4 is 4.90 Å². The summed E-state index contributed by atoms with van der Waals surface area (Å²) in [7, 11) is 0. The highest BCUT2D eigenvalue weighted by Gasteiger charge is 2.20. The quantitative estimate of drug-likeness (QED) is 0.166. The van der Waals surface area contributed by atoms with E-state index >= 15 is 0 Å². The minimum atomic E-state index is 0.856. The van der Waals surface area contributed by atoms with E-state index in [2.05, 4.69) is 211 Å². The monoisotopic (exact) mass is 689 g/mol. The van der Waals surface area contributed by atoms with Crippen LogP contribution in [0.1, 0.15) is 0 Å². The summed E-state index contributed by atoms with van der Waals surface area (Å²) >= 11 is 0. The van der Waals surface area contributed by atoms with Gasteiger partial charge in [0.25, 0.3) is 0 Å². The van der Waals surface area contributed by atoms with Gasteiger partial charge in [-0.3, -0.25) is 0 Å². The fourth-order valence-electron chi connectivity index (χ4n) is 7.82. The molecule has 0 N–H and O–H groups in total. The predicted molar refractivity (Wildman–Crippen MR) is 228 cm³/mol. The highest BCUT2D eigenvalue weighted by atomic mass is 16.3. The van der Waals surface area contributed by atoms with Crippen molar-refractivity contribution in [1.82, 2.24) is 0 Å². The molecule has 2 heteroatoms. The van der Waals surface area contributed by atoms with Gasteiger partial charge in [-0.15, -0.1) is 0 Å². The summed E-state index contributed by atoms with van der Waals surface area (Å²) in [5, 5.41) is 4.70. The lowest BCUT2D eigenvalue weighted by molar-refractivity contribution is 0.669. The first-order chi connectivity index (χ1) is 26.8. The van der Waals surface area contributed by atoms with Crippen molar-refractivity contribution in [2.75, 3.05) is 4.90 Å². The van der Waals surface area contributed by atoms with E-state index in [0.29, 0.717) is 0 Å². The van der Waals surface area contributed by atoms with Gasteiger partial charge in [-0.2, -0.15) is 0 Å². The first-order valence-corrected chi connectivity index (χ1v) is 18.4. The Kier molecular flexibility index (Phi) is 7.85. The number of nitrogens with zero attached hydrogens (tertiary/aromatic N) is 1. The van der Waals surface area contributed by atoms with Crippen molar-refractivity contribution in [3.63, 3.8) is 0 Å². The van der Waals surface area contributed by atoms with E-state index in [0.717, 1.165) is 55.7 Å². The Bertz CT molecular complexity index is 2920. The number of para-hydroxylation sites is 1. The molecule has 0 unspecified atom stereocenters. The van der Waals surface area contributed by atoms with Gasteiger partial charge in [0.2, 0.25) is 0 Å². The molecule has 254 valence electrons. The Balaban J connectivity index is 1.12. The molecule has 10 aromatic rings. The van der Waals surface area contributed by atoms with E-state index < -0.39 is 0 Å². The molecule has 10 rings (SSSR count). The summed E-state index contributed by atoms with van der Waals surface area (Å²) in [5.41, 5.74) is 14.3. The normalized spacial score (nSPS) is 11.3. The smallest absolute Gasteiger partial charge is 0.137 e. The van der Waals surface area contributed by atoms with Crippen LogP contribution in [0, 0.1) is 0 Å². The van der Waals surface area contributed by atoms with Crippen molar-refractivity contribution in [2.45, 2.75) is 0 Å². The summed E-state index contributed by atoms with van der Waals surface area (Å²) in [6.45, 7) is 0. The summed E-state index contributed by atoms with van der Waals surface area (Å²) in [6, 6.07) is 75.8. The van der Waals surface area contributed by atoms with Crippen LogP contribution in [0.2, 0.25) is 0 Å². The fraction of sp³-hybridized carbons (Fsp3) is 0. The van der Waals surface area contributed by atoms with Crippen molar-refractivity contribution in [3.8, 4) is 44.5 Å². The molecular formula is C52H35NO. The number of fused-ring (bicyclic) bond motifs is 4. The highest BCUT2D eigenvalue weighted by molar-refractivity contribution is 6.07. The minimum absolute atomic E-state index is 0.856. The van der Waals surface area contributed by atoms with Crippen LogP contribution in [0.25, 0.3) is 77.2 Å². The Morgan fingerprint density at radius 1 is 0.296 bits per heavy atom. The summed E-state index contributed by atoms with van der Waals surface area (Å²) in [4.78, 5) is 2.36. The van der Waals surface area contributed by atoms with Gasteiger partial charge in [0.05, 0.1) is 5.69 Å². The molecule has 0 radical (unpaired) electrons. The largest absolute Gasteiger partial charge is 0.456 e. The molecule has 0 atom stereocenters. The van der Waals surface area contributed by atoms with Gasteiger partial charge >= 0.3 is 0 Å². The third-order valence-electron chi connectivity index (χ3n) is 10.5. The Hall–Kier alpha value is -7.16. The maximum absolute atomic E-state index is 6.64. The van der Waals surface area contributed by atoms with Gasteiger partial charge in [0.15, 0.2) is 0 Å². The van der Waals surface area contributed by atoms with E-state index in [4.69, 9.17) is 4.42 Å². The second kappa shape index (κ2) is 13.4. The first kappa shape index (κ1) is 31.6. The Labute approximate surface area is 314 Å². The third-order valence-corrected chi connectivity index (χ3v) is 10.5. The average Bonchev–Trinajstić information content (AvgIpc) is 3.62. The molecule has 0 spiro atoms. The molecular weight excluding hydrogens is 655 g/mol. The fourth-order valence-corrected chi connectivity index (χ4v) is 7.82. The maximum Gasteiger partial charge on any atom is 0.137 e. The van der Waals surface area contributed by atoms with Crippen LogP contribution in [-0.4, -0.2) is 0 Å². The van der Waals surface area contributed by atoms with E-state index in [1.165, 1.54) is 38.6 Å². The van der Waals surface area contributed by atoms with Gasteiger partial charge < -0.3 is 9.32 Å². The van der Waals surface area contributed by atoms with E-state index in [1.807, 2.05) is 6.07 Å². The van der Waals surface area contributed by atoms with E-state index in [9.17, 15) is 0 Å². The zero-order valence-electron chi connectivity index (χ0n) is 29.6. The van der Waals surface area contributed by atoms with E-state index in [-0.39, 0.29) is 0 Å². The minimum Gasteiger partial charge on any atom is -0.456 e. The highest BCUT2D eigenvalue weighted by Crippen LogP contribution is 2.44. The first-order valence-electron chi connectivity index (χ1n) is 18.4. The molecule has 0 saturated heterocycles. The Morgan fingerprint density at radius 3 is 1.61 bits per heavy atom. The third kappa shape index (κ3) is 5.71. The van der Waals surface area contributed by atoms with Crippen LogP contribution in [0.5, 0.6) is 0 Å². The molecule has 2 nitrogen and oxygen atoms in total. The van der Waals surface area contributed by atoms with Gasteiger partial charge in [0, 0.05) is 33.8 Å². The lowest BCUT2D eigenvalue weighted by Crippen LogP contribution is -2.11. The van der Waals surface area contributed by atoms with Crippen LogP contribution in [-0.2, 0) is 0 Å². The van der Waals surface area contributed by atoms with Crippen molar-refractivity contribution in [2.24, 2.45) is 0 Å². The molecule has 9 aromatic carbocycles. The number of hydrogen-bond donors (Lipinski definition) is 0. The molecule has 1 heterocycles. The lowest BCUT2D eigenvalue weighted by Gasteiger charge is -2.28. The lowest BCUT2D eigenvalue weighted by atomic mass is 9.94. The summed E-state index contributed by atoms with van der Waals surface area (Å²) in [5.74, 6) is 0. The SMILES string of the molecule is c1ccc(-c2ccc(N(c3ccc4c(c3)oc3cc(-c5ccccc5)ccc34)c3ccccc3-c3cccc(-c4cccc5ccccc45)c3)cc2)cc1. The topological polar surface area (TPSA) is 16.4 Å². The van der Waals surface area contributed by atoms with Gasteiger partial charge in [-0.1, -0.05) is 158 Å². The predicted octanol–water partition coefficient (Wildman–Crippen LogP) is 14.9. The number of rotatable bonds is 7. The van der Waals surface area contributed by atoms with Crippen LogP contribution in [0.4, 0.5) is 17.1 Å². The molecule has 0 amide bonds. The van der Waals surface area contributed by atoms with Gasteiger partial charge in [0.1, 0.15) is 11.2 Å². The van der Waals surface area contributed by atoms with Gasteiger partial charge in [-0.25, -0.2) is 0 Å². The van der Waals surface area contributed by atoms with E-state index in [1.54, 1.807) is 0 Å². The molecule has 0 aliphatic carbocycles.